The van der Waals surface area contributed by atoms with Gasteiger partial charge in [0.25, 0.3) is 6.08 Å². The van der Waals surface area contributed by atoms with Crippen LogP contribution in [0.4, 0.5) is 8.78 Å². The van der Waals surface area contributed by atoms with Crippen LogP contribution in [0.3, 0.4) is 0 Å². The summed E-state index contributed by atoms with van der Waals surface area (Å²) in [6.45, 7) is 0. The maximum atomic E-state index is 11.7. The molecular formula is C8H10F2N2O2S2. The Bertz CT molecular complexity index is 478. The van der Waals surface area contributed by atoms with Gasteiger partial charge in [0.05, 0.1) is 6.26 Å². The van der Waals surface area contributed by atoms with E-state index in [2.05, 4.69) is 4.98 Å². The van der Waals surface area contributed by atoms with Crippen LogP contribution < -0.4 is 0 Å². The van der Waals surface area contributed by atoms with Gasteiger partial charge in [-0.3, -0.25) is 0 Å². The van der Waals surface area contributed by atoms with Gasteiger partial charge in [0.1, 0.15) is 0 Å². The predicted molar refractivity (Wildman–Crippen MR) is 58.1 cm³/mol. The van der Waals surface area contributed by atoms with Crippen molar-refractivity contribution in [1.29, 1.82) is 0 Å². The molecular weight excluding hydrogens is 258 g/mol. The molecule has 16 heavy (non-hydrogen) atoms. The summed E-state index contributed by atoms with van der Waals surface area (Å²) < 4.78 is 46.9. The number of thioether (sulfide) groups is 1. The number of allylic oxidation sites excluding steroid dienone is 1. The first-order valence-electron chi connectivity index (χ1n) is 4.29. The van der Waals surface area contributed by atoms with E-state index in [0.29, 0.717) is 5.75 Å². The highest BCUT2D eigenvalue weighted by Gasteiger charge is 2.11. The number of nitrogens with zero attached hydrogens (tertiary/aromatic N) is 2. The van der Waals surface area contributed by atoms with E-state index in [4.69, 9.17) is 0 Å². The minimum atomic E-state index is -3.37. The fraction of sp³-hybridized carbons (Fsp3) is 0.375. The summed E-state index contributed by atoms with van der Waals surface area (Å²) in [5.41, 5.74) is 0. The van der Waals surface area contributed by atoms with Crippen LogP contribution in [0.2, 0.25) is 0 Å². The van der Waals surface area contributed by atoms with E-state index in [1.807, 2.05) is 0 Å². The molecule has 0 fully saturated rings. The van der Waals surface area contributed by atoms with Gasteiger partial charge < -0.3 is 0 Å². The molecule has 1 rings (SSSR count). The van der Waals surface area contributed by atoms with Crippen LogP contribution in [0.25, 0.3) is 0 Å². The summed E-state index contributed by atoms with van der Waals surface area (Å²) >= 11 is 1.12. The monoisotopic (exact) mass is 268 g/mol. The van der Waals surface area contributed by atoms with Gasteiger partial charge in [0.15, 0.2) is 5.16 Å². The quantitative estimate of drug-likeness (QED) is 0.605. The summed E-state index contributed by atoms with van der Waals surface area (Å²) in [6.07, 6.45) is 2.97. The van der Waals surface area contributed by atoms with Crippen LogP contribution in [0.1, 0.15) is 6.42 Å². The van der Waals surface area contributed by atoms with Gasteiger partial charge in [-0.25, -0.2) is 17.4 Å². The molecule has 0 aliphatic rings. The van der Waals surface area contributed by atoms with Gasteiger partial charge in [-0.15, -0.1) is 0 Å². The van der Waals surface area contributed by atoms with Gasteiger partial charge in [-0.2, -0.15) is 8.78 Å². The zero-order valence-electron chi connectivity index (χ0n) is 8.43. The summed E-state index contributed by atoms with van der Waals surface area (Å²) in [7, 11) is -3.37. The van der Waals surface area contributed by atoms with Crippen molar-refractivity contribution in [3.05, 3.63) is 24.6 Å². The molecule has 4 nitrogen and oxygen atoms in total. The van der Waals surface area contributed by atoms with Crippen molar-refractivity contribution in [2.75, 3.05) is 12.0 Å². The van der Waals surface area contributed by atoms with Crippen LogP contribution in [0, 0.1) is 0 Å². The standard InChI is InChI=1S/C8H10F2N2O2S2/c1-16(13,14)12-5-4-11-8(12)15-6-2-3-7(9)10/h3-5H,2,6H2,1H3. The van der Waals surface area contributed by atoms with Crippen molar-refractivity contribution in [3.63, 3.8) is 0 Å². The zero-order chi connectivity index (χ0) is 12.2. The largest absolute Gasteiger partial charge is 0.266 e. The Hall–Kier alpha value is -0.890. The number of hydrogen-bond donors (Lipinski definition) is 0. The third-order valence-corrected chi connectivity index (χ3v) is 3.71. The van der Waals surface area contributed by atoms with Gasteiger partial charge in [-0.1, -0.05) is 11.8 Å². The molecule has 0 unspecified atom stereocenters. The number of aromatic nitrogens is 2. The Labute approximate surface area is 96.4 Å². The van der Waals surface area contributed by atoms with Crippen molar-refractivity contribution < 1.29 is 17.2 Å². The Morgan fingerprint density at radius 1 is 1.62 bits per heavy atom. The lowest BCUT2D eigenvalue weighted by Crippen LogP contribution is -2.10. The Morgan fingerprint density at radius 2 is 2.31 bits per heavy atom. The smallest absolute Gasteiger partial charge is 0.230 e. The fourth-order valence-corrected chi connectivity index (χ4v) is 2.86. The van der Waals surface area contributed by atoms with Crippen molar-refractivity contribution in [3.8, 4) is 0 Å². The van der Waals surface area contributed by atoms with E-state index >= 15 is 0 Å². The second kappa shape index (κ2) is 5.44. The SMILES string of the molecule is CS(=O)(=O)n1ccnc1SCCC=C(F)F. The molecule has 0 N–H and O–H groups in total. The first-order valence-corrected chi connectivity index (χ1v) is 7.12. The molecule has 0 saturated heterocycles. The summed E-state index contributed by atoms with van der Waals surface area (Å²) in [6, 6.07) is 0. The molecule has 0 bridgehead atoms. The molecule has 0 spiro atoms. The van der Waals surface area contributed by atoms with Crippen molar-refractivity contribution in [2.45, 2.75) is 11.6 Å². The van der Waals surface area contributed by atoms with E-state index in [1.54, 1.807) is 0 Å². The van der Waals surface area contributed by atoms with Crippen LogP contribution in [-0.4, -0.2) is 29.4 Å². The summed E-state index contributed by atoms with van der Waals surface area (Å²) in [5, 5.41) is 0.287. The molecule has 0 aliphatic heterocycles. The minimum absolute atomic E-state index is 0.170. The highest BCUT2D eigenvalue weighted by Crippen LogP contribution is 2.18. The van der Waals surface area contributed by atoms with Crippen molar-refractivity contribution >= 4 is 21.8 Å². The third-order valence-electron chi connectivity index (χ3n) is 1.58. The first-order chi connectivity index (χ1) is 7.41. The molecule has 1 aromatic heterocycles. The van der Waals surface area contributed by atoms with Gasteiger partial charge in [0, 0.05) is 18.1 Å². The second-order valence-corrected chi connectivity index (χ2v) is 5.82. The van der Waals surface area contributed by atoms with Crippen LogP contribution in [0.5, 0.6) is 0 Å². The minimum Gasteiger partial charge on any atom is -0.230 e. The normalized spacial score (nSPS) is 11.4. The molecule has 8 heteroatoms. The summed E-state index contributed by atoms with van der Waals surface area (Å²) in [4.78, 5) is 3.84. The van der Waals surface area contributed by atoms with Gasteiger partial charge in [0.2, 0.25) is 10.0 Å². The Morgan fingerprint density at radius 3 is 2.88 bits per heavy atom. The van der Waals surface area contributed by atoms with E-state index in [-0.39, 0.29) is 11.6 Å². The average Bonchev–Trinajstić information content (AvgIpc) is 2.59. The molecule has 90 valence electrons. The molecule has 0 saturated carbocycles. The van der Waals surface area contributed by atoms with E-state index < -0.39 is 16.1 Å². The second-order valence-electron chi connectivity index (χ2n) is 2.90. The number of imidazole rings is 1. The van der Waals surface area contributed by atoms with E-state index in [9.17, 15) is 17.2 Å². The predicted octanol–water partition coefficient (Wildman–Crippen LogP) is 1.95. The number of hydrogen-bond acceptors (Lipinski definition) is 4. The number of halogens is 2. The molecule has 0 atom stereocenters. The van der Waals surface area contributed by atoms with E-state index in [0.717, 1.165) is 28.1 Å². The maximum absolute atomic E-state index is 11.7. The Balaban J connectivity index is 2.62. The molecule has 0 aromatic carbocycles. The average molecular weight is 268 g/mol. The molecule has 0 aliphatic carbocycles. The fourth-order valence-electron chi connectivity index (χ4n) is 0.950. The molecule has 1 heterocycles. The van der Waals surface area contributed by atoms with Crippen molar-refractivity contribution in [1.82, 2.24) is 8.96 Å². The highest BCUT2D eigenvalue weighted by atomic mass is 32.2. The maximum Gasteiger partial charge on any atom is 0.266 e. The zero-order valence-corrected chi connectivity index (χ0v) is 10.1. The van der Waals surface area contributed by atoms with Gasteiger partial charge >= 0.3 is 0 Å². The lowest BCUT2D eigenvalue weighted by Gasteiger charge is -2.03. The first kappa shape index (κ1) is 13.2. The molecule has 0 amide bonds. The van der Waals surface area contributed by atoms with E-state index in [1.165, 1.54) is 12.4 Å². The summed E-state index contributed by atoms with van der Waals surface area (Å²) in [5.74, 6) is 0.351. The van der Waals surface area contributed by atoms with Crippen LogP contribution >= 0.6 is 11.8 Å². The van der Waals surface area contributed by atoms with Crippen LogP contribution in [-0.2, 0) is 10.0 Å². The lowest BCUT2D eigenvalue weighted by atomic mass is 10.5. The third kappa shape index (κ3) is 3.93. The Kier molecular flexibility index (Phi) is 4.48. The van der Waals surface area contributed by atoms with Crippen LogP contribution in [0.15, 0.2) is 29.7 Å². The molecule has 1 aromatic rings. The highest BCUT2D eigenvalue weighted by molar-refractivity contribution is 7.99. The topological polar surface area (TPSA) is 52.0 Å². The van der Waals surface area contributed by atoms with Crippen molar-refractivity contribution in [2.24, 2.45) is 0 Å². The molecule has 0 radical (unpaired) electrons. The van der Waals surface area contributed by atoms with Gasteiger partial charge in [-0.05, 0) is 12.5 Å². The number of rotatable bonds is 5. The lowest BCUT2D eigenvalue weighted by molar-refractivity contribution is 0.418.